The number of likely N-dealkylation sites (N-methyl/N-ethyl adjacent to an activating group) is 1. The molecule has 0 amide bonds. The minimum absolute atomic E-state index is 0.187. The van der Waals surface area contributed by atoms with Gasteiger partial charge < -0.3 is 14.5 Å². The maximum absolute atomic E-state index is 6.22. The summed E-state index contributed by atoms with van der Waals surface area (Å²) >= 11 is 7.78. The summed E-state index contributed by atoms with van der Waals surface area (Å²) < 4.78 is 5.10. The van der Waals surface area contributed by atoms with Crippen LogP contribution in [0.15, 0.2) is 11.1 Å². The summed E-state index contributed by atoms with van der Waals surface area (Å²) in [4.78, 5) is 14.4. The minimum atomic E-state index is 0.187. The van der Waals surface area contributed by atoms with Crippen LogP contribution in [0.3, 0.4) is 0 Å². The average molecular weight is 346 g/mol. The first-order valence-electron chi connectivity index (χ1n) is 7.39. The van der Waals surface area contributed by atoms with Crippen LogP contribution < -0.4 is 10.2 Å². The van der Waals surface area contributed by atoms with Crippen LogP contribution in [-0.4, -0.2) is 74.2 Å². The van der Waals surface area contributed by atoms with E-state index >= 15 is 0 Å². The third-order valence-electron chi connectivity index (χ3n) is 3.66. The number of anilines is 1. The van der Waals surface area contributed by atoms with Gasteiger partial charge in [0, 0.05) is 39.5 Å². The smallest absolute Gasteiger partial charge is 0.228 e. The molecule has 6 nitrogen and oxygen atoms in total. The lowest BCUT2D eigenvalue weighted by Crippen LogP contribution is -2.59. The molecule has 2 heterocycles. The van der Waals surface area contributed by atoms with Gasteiger partial charge >= 0.3 is 0 Å². The first kappa shape index (κ1) is 17.7. The molecule has 0 spiro atoms. The van der Waals surface area contributed by atoms with Crippen LogP contribution in [0.4, 0.5) is 5.95 Å². The molecule has 0 saturated carbocycles. The zero-order valence-corrected chi connectivity index (χ0v) is 15.0. The summed E-state index contributed by atoms with van der Waals surface area (Å²) in [5.74, 6) is 0.695. The Labute approximate surface area is 141 Å². The third kappa shape index (κ3) is 4.70. The minimum Gasteiger partial charge on any atom is -0.385 e. The maximum atomic E-state index is 6.22. The van der Waals surface area contributed by atoms with Crippen LogP contribution in [-0.2, 0) is 4.74 Å². The number of ether oxygens (including phenoxy) is 1. The van der Waals surface area contributed by atoms with Gasteiger partial charge in [0.2, 0.25) is 5.95 Å². The number of piperazine rings is 1. The van der Waals surface area contributed by atoms with Crippen molar-refractivity contribution in [2.24, 2.45) is 0 Å². The molecule has 0 aliphatic carbocycles. The number of nitrogens with one attached hydrogen (secondary N) is 1. The Morgan fingerprint density at radius 3 is 3.00 bits per heavy atom. The van der Waals surface area contributed by atoms with Crippen molar-refractivity contribution in [1.82, 2.24) is 20.2 Å². The van der Waals surface area contributed by atoms with Crippen molar-refractivity contribution in [3.8, 4) is 0 Å². The molecule has 0 aromatic carbocycles. The monoisotopic (exact) mass is 345 g/mol. The molecule has 2 rings (SSSR count). The van der Waals surface area contributed by atoms with Gasteiger partial charge in [-0.05, 0) is 26.3 Å². The SMILES string of the molecule is COCCCNC1CN(C)CCN1c1ncc(SC)c(Cl)n1. The van der Waals surface area contributed by atoms with E-state index < -0.39 is 0 Å². The fraction of sp³-hybridized carbons (Fsp3) is 0.714. The molecule has 0 radical (unpaired) electrons. The number of halogens is 1. The molecule has 1 N–H and O–H groups in total. The molecule has 8 heteroatoms. The van der Waals surface area contributed by atoms with E-state index in [2.05, 4.69) is 32.1 Å². The van der Waals surface area contributed by atoms with Crippen molar-refractivity contribution in [2.45, 2.75) is 17.5 Å². The molecule has 1 aliphatic heterocycles. The molecule has 0 bridgehead atoms. The molecule has 1 aromatic rings. The quantitative estimate of drug-likeness (QED) is 0.457. The number of rotatable bonds is 7. The molecule has 1 atom stereocenters. The van der Waals surface area contributed by atoms with Crippen molar-refractivity contribution in [3.63, 3.8) is 0 Å². The second-order valence-corrected chi connectivity index (χ2v) is 6.51. The predicted molar refractivity (Wildman–Crippen MR) is 91.9 cm³/mol. The largest absolute Gasteiger partial charge is 0.385 e. The van der Waals surface area contributed by atoms with E-state index in [1.54, 1.807) is 25.1 Å². The average Bonchev–Trinajstić information content (AvgIpc) is 2.51. The van der Waals surface area contributed by atoms with Crippen molar-refractivity contribution in [1.29, 1.82) is 0 Å². The van der Waals surface area contributed by atoms with Crippen LogP contribution in [0, 0.1) is 0 Å². The highest BCUT2D eigenvalue weighted by molar-refractivity contribution is 7.98. The summed E-state index contributed by atoms with van der Waals surface area (Å²) in [5, 5.41) is 4.08. The molecule has 1 unspecified atom stereocenters. The van der Waals surface area contributed by atoms with E-state index in [1.165, 1.54) is 0 Å². The van der Waals surface area contributed by atoms with Gasteiger partial charge in [0.25, 0.3) is 0 Å². The summed E-state index contributed by atoms with van der Waals surface area (Å²) in [6.07, 6.45) is 4.94. The van der Waals surface area contributed by atoms with E-state index in [0.29, 0.717) is 11.1 Å². The van der Waals surface area contributed by atoms with Crippen molar-refractivity contribution in [2.75, 3.05) is 58.1 Å². The number of hydrogen-bond donors (Lipinski definition) is 1. The number of aromatic nitrogens is 2. The fourth-order valence-corrected chi connectivity index (χ4v) is 3.16. The lowest BCUT2D eigenvalue weighted by atomic mass is 10.2. The Hall–Kier alpha value is -0.600. The number of nitrogens with zero attached hydrogens (tertiary/aromatic N) is 4. The fourth-order valence-electron chi connectivity index (χ4n) is 2.44. The zero-order valence-electron chi connectivity index (χ0n) is 13.4. The van der Waals surface area contributed by atoms with Crippen LogP contribution in [0.25, 0.3) is 0 Å². The normalized spacial score (nSPS) is 19.6. The Balaban J connectivity index is 2.06. The predicted octanol–water partition coefficient (Wildman–Crippen LogP) is 1.56. The second-order valence-electron chi connectivity index (χ2n) is 5.30. The summed E-state index contributed by atoms with van der Waals surface area (Å²) in [6.45, 7) is 4.47. The number of hydrogen-bond acceptors (Lipinski definition) is 7. The second kappa shape index (κ2) is 8.88. The highest BCUT2D eigenvalue weighted by Gasteiger charge is 2.27. The zero-order chi connectivity index (χ0) is 15.9. The molecular weight excluding hydrogens is 322 g/mol. The van der Waals surface area contributed by atoms with Crippen molar-refractivity contribution in [3.05, 3.63) is 11.3 Å². The van der Waals surface area contributed by atoms with Gasteiger partial charge in [0.15, 0.2) is 0 Å². The Bertz CT molecular complexity index is 479. The number of thioether (sulfide) groups is 1. The van der Waals surface area contributed by atoms with E-state index in [0.717, 1.165) is 44.1 Å². The highest BCUT2D eigenvalue weighted by Crippen LogP contribution is 2.25. The Morgan fingerprint density at radius 2 is 2.32 bits per heavy atom. The van der Waals surface area contributed by atoms with Gasteiger partial charge in [-0.2, -0.15) is 4.98 Å². The van der Waals surface area contributed by atoms with Gasteiger partial charge in [-0.3, -0.25) is 5.32 Å². The molecule has 1 fully saturated rings. The highest BCUT2D eigenvalue weighted by atomic mass is 35.5. The van der Waals surface area contributed by atoms with E-state index in [4.69, 9.17) is 16.3 Å². The number of methoxy groups -OCH3 is 1. The van der Waals surface area contributed by atoms with Crippen LogP contribution in [0.2, 0.25) is 5.15 Å². The Kier molecular flexibility index (Phi) is 7.17. The topological polar surface area (TPSA) is 53.5 Å². The Morgan fingerprint density at radius 1 is 1.50 bits per heavy atom. The molecule has 124 valence electrons. The summed E-state index contributed by atoms with van der Waals surface area (Å²) in [7, 11) is 3.86. The molecule has 1 saturated heterocycles. The van der Waals surface area contributed by atoms with Gasteiger partial charge in [-0.15, -0.1) is 11.8 Å². The van der Waals surface area contributed by atoms with Crippen molar-refractivity contribution < 1.29 is 4.74 Å². The lowest BCUT2D eigenvalue weighted by molar-refractivity contribution is 0.188. The van der Waals surface area contributed by atoms with Crippen LogP contribution in [0.5, 0.6) is 0 Å². The molecule has 1 aliphatic rings. The van der Waals surface area contributed by atoms with Gasteiger partial charge in [-0.25, -0.2) is 4.98 Å². The summed E-state index contributed by atoms with van der Waals surface area (Å²) in [6, 6.07) is 0. The molecular formula is C14H24ClN5OS. The maximum Gasteiger partial charge on any atom is 0.228 e. The molecule has 1 aromatic heterocycles. The van der Waals surface area contributed by atoms with E-state index in [1.807, 2.05) is 6.26 Å². The van der Waals surface area contributed by atoms with Crippen molar-refractivity contribution >= 4 is 29.3 Å². The first-order chi connectivity index (χ1) is 10.7. The summed E-state index contributed by atoms with van der Waals surface area (Å²) in [5.41, 5.74) is 0. The standard InChI is InChI=1S/C14H24ClN5OS/c1-19-6-7-20(12(10-19)16-5-4-8-21-2)14-17-9-11(22-3)13(15)18-14/h9,12,16H,4-8,10H2,1-3H3. The van der Waals surface area contributed by atoms with E-state index in [-0.39, 0.29) is 6.17 Å². The van der Waals surface area contributed by atoms with Crippen LogP contribution >= 0.6 is 23.4 Å². The lowest BCUT2D eigenvalue weighted by Gasteiger charge is -2.40. The third-order valence-corrected chi connectivity index (χ3v) is 4.80. The first-order valence-corrected chi connectivity index (χ1v) is 9.00. The van der Waals surface area contributed by atoms with Crippen LogP contribution in [0.1, 0.15) is 6.42 Å². The van der Waals surface area contributed by atoms with Gasteiger partial charge in [0.1, 0.15) is 5.15 Å². The van der Waals surface area contributed by atoms with E-state index in [9.17, 15) is 0 Å². The van der Waals surface area contributed by atoms with Gasteiger partial charge in [-0.1, -0.05) is 11.6 Å². The van der Waals surface area contributed by atoms with Gasteiger partial charge in [0.05, 0.1) is 11.1 Å². The molecule has 22 heavy (non-hydrogen) atoms.